The van der Waals surface area contributed by atoms with Gasteiger partial charge in [0.25, 0.3) is 0 Å². The summed E-state index contributed by atoms with van der Waals surface area (Å²) in [5.41, 5.74) is 1.73. The highest BCUT2D eigenvalue weighted by Gasteiger charge is 2.17. The number of anilines is 1. The summed E-state index contributed by atoms with van der Waals surface area (Å²) in [7, 11) is 2.02. The van der Waals surface area contributed by atoms with E-state index in [0.717, 1.165) is 43.5 Å². The van der Waals surface area contributed by atoms with Crippen LogP contribution in [0.2, 0.25) is 5.02 Å². The number of hydrogen-bond acceptors (Lipinski definition) is 3. The molecule has 0 aromatic heterocycles. The van der Waals surface area contributed by atoms with Crippen molar-refractivity contribution in [3.05, 3.63) is 34.9 Å². The van der Waals surface area contributed by atoms with Crippen LogP contribution in [0.1, 0.15) is 18.4 Å². The molecule has 21 heavy (non-hydrogen) atoms. The highest BCUT2D eigenvalue weighted by Crippen LogP contribution is 2.28. The van der Waals surface area contributed by atoms with E-state index in [4.69, 9.17) is 21.4 Å². The molecule has 1 unspecified atom stereocenters. The van der Waals surface area contributed by atoms with E-state index < -0.39 is 5.97 Å². The molecule has 1 aliphatic rings. The predicted molar refractivity (Wildman–Crippen MR) is 84.9 cm³/mol. The first-order valence-electron chi connectivity index (χ1n) is 7.05. The number of benzene rings is 1. The van der Waals surface area contributed by atoms with E-state index in [9.17, 15) is 4.79 Å². The van der Waals surface area contributed by atoms with E-state index >= 15 is 0 Å². The van der Waals surface area contributed by atoms with Crippen molar-refractivity contribution in [1.29, 1.82) is 0 Å². The second kappa shape index (κ2) is 7.48. The molecule has 0 saturated carbocycles. The van der Waals surface area contributed by atoms with Crippen LogP contribution in [0.4, 0.5) is 5.69 Å². The molecule has 1 atom stereocenters. The molecule has 1 heterocycles. The van der Waals surface area contributed by atoms with E-state index in [1.807, 2.05) is 19.2 Å². The fourth-order valence-corrected chi connectivity index (χ4v) is 2.87. The topological polar surface area (TPSA) is 49.8 Å². The summed E-state index contributed by atoms with van der Waals surface area (Å²) in [6.07, 6.45) is 4.94. The Balaban J connectivity index is 2.03. The molecule has 1 aliphatic heterocycles. The molecule has 0 amide bonds. The third-order valence-corrected chi connectivity index (χ3v) is 3.89. The molecule has 0 aliphatic carbocycles. The van der Waals surface area contributed by atoms with Crippen LogP contribution in [0.25, 0.3) is 6.08 Å². The normalized spacial score (nSPS) is 18.9. The van der Waals surface area contributed by atoms with Crippen LogP contribution in [0, 0.1) is 5.92 Å². The highest BCUT2D eigenvalue weighted by molar-refractivity contribution is 6.33. The molecule has 1 N–H and O–H groups in total. The zero-order valence-electron chi connectivity index (χ0n) is 12.1. The highest BCUT2D eigenvalue weighted by atomic mass is 35.5. The van der Waals surface area contributed by atoms with Gasteiger partial charge in [-0.25, -0.2) is 4.79 Å². The van der Waals surface area contributed by atoms with E-state index in [2.05, 4.69) is 4.90 Å². The van der Waals surface area contributed by atoms with Crippen molar-refractivity contribution < 1.29 is 14.6 Å². The Labute approximate surface area is 130 Å². The van der Waals surface area contributed by atoms with Crippen LogP contribution in [-0.4, -0.2) is 37.9 Å². The molecule has 5 heteroatoms. The van der Waals surface area contributed by atoms with E-state index in [1.165, 1.54) is 12.5 Å². The van der Waals surface area contributed by atoms with Crippen LogP contribution in [0.3, 0.4) is 0 Å². The first-order valence-corrected chi connectivity index (χ1v) is 7.43. The monoisotopic (exact) mass is 309 g/mol. The van der Waals surface area contributed by atoms with Gasteiger partial charge in [0.05, 0.1) is 17.3 Å². The fourth-order valence-electron chi connectivity index (χ4n) is 2.54. The minimum atomic E-state index is -0.968. The molecule has 4 nitrogen and oxygen atoms in total. The van der Waals surface area contributed by atoms with E-state index in [-0.39, 0.29) is 0 Å². The second-order valence-corrected chi connectivity index (χ2v) is 5.75. The van der Waals surface area contributed by atoms with Crippen molar-refractivity contribution in [3.8, 4) is 0 Å². The van der Waals surface area contributed by atoms with Gasteiger partial charge in [0, 0.05) is 26.3 Å². The number of carbonyl (C=O) groups is 1. The van der Waals surface area contributed by atoms with E-state index in [1.54, 1.807) is 6.07 Å². The van der Waals surface area contributed by atoms with Crippen LogP contribution in [0.5, 0.6) is 0 Å². The summed E-state index contributed by atoms with van der Waals surface area (Å²) in [4.78, 5) is 12.6. The van der Waals surface area contributed by atoms with Gasteiger partial charge >= 0.3 is 5.97 Å². The summed E-state index contributed by atoms with van der Waals surface area (Å²) in [6, 6.07) is 5.58. The first-order chi connectivity index (χ1) is 10.1. The quantitative estimate of drug-likeness (QED) is 0.848. The summed E-state index contributed by atoms with van der Waals surface area (Å²) in [5.74, 6) is -0.434. The molecule has 1 aromatic carbocycles. The van der Waals surface area contributed by atoms with Gasteiger partial charge in [-0.15, -0.1) is 0 Å². The Morgan fingerprint density at radius 3 is 3.00 bits per heavy atom. The number of nitrogens with zero attached hydrogens (tertiary/aromatic N) is 1. The van der Waals surface area contributed by atoms with Crippen molar-refractivity contribution >= 4 is 29.3 Å². The third-order valence-electron chi connectivity index (χ3n) is 3.59. The lowest BCUT2D eigenvalue weighted by atomic mass is 10.0. The molecule has 1 saturated heterocycles. The standard InChI is InChI=1S/C16H20ClNO3/c1-18(10-13-3-2-8-21-11-13)15-6-4-12(9-14(15)17)5-7-16(19)20/h4-7,9,13H,2-3,8,10-11H2,1H3,(H,19,20)/b7-5+. The van der Waals surface area contributed by atoms with Crippen molar-refractivity contribution in [2.75, 3.05) is 31.7 Å². The SMILES string of the molecule is CN(CC1CCCOC1)c1ccc(/C=C/C(=O)O)cc1Cl. The van der Waals surface area contributed by atoms with Gasteiger partial charge < -0.3 is 14.7 Å². The number of rotatable bonds is 5. The van der Waals surface area contributed by atoms with Crippen molar-refractivity contribution in [2.24, 2.45) is 5.92 Å². The minimum absolute atomic E-state index is 0.534. The minimum Gasteiger partial charge on any atom is -0.478 e. The maximum absolute atomic E-state index is 10.5. The van der Waals surface area contributed by atoms with E-state index in [0.29, 0.717) is 10.9 Å². The smallest absolute Gasteiger partial charge is 0.328 e. The largest absolute Gasteiger partial charge is 0.478 e. The maximum Gasteiger partial charge on any atom is 0.328 e. The fraction of sp³-hybridized carbons (Fsp3) is 0.438. The number of carboxylic acids is 1. The Bertz CT molecular complexity index is 524. The molecule has 2 rings (SSSR count). The van der Waals surface area contributed by atoms with Gasteiger partial charge in [0.2, 0.25) is 0 Å². The van der Waals surface area contributed by atoms with Crippen LogP contribution in [-0.2, 0) is 9.53 Å². The molecular formula is C16H20ClNO3. The maximum atomic E-state index is 10.5. The second-order valence-electron chi connectivity index (χ2n) is 5.35. The Morgan fingerprint density at radius 2 is 2.38 bits per heavy atom. The van der Waals surface area contributed by atoms with Gasteiger partial charge in [0.1, 0.15) is 0 Å². The summed E-state index contributed by atoms with van der Waals surface area (Å²) >= 11 is 6.30. The Kier molecular flexibility index (Phi) is 5.65. The first kappa shape index (κ1) is 15.9. The number of halogens is 1. The van der Waals surface area contributed by atoms with Gasteiger partial charge in [-0.1, -0.05) is 17.7 Å². The van der Waals surface area contributed by atoms with Gasteiger partial charge in [-0.2, -0.15) is 0 Å². The average molecular weight is 310 g/mol. The van der Waals surface area contributed by atoms with Crippen molar-refractivity contribution in [2.45, 2.75) is 12.8 Å². The van der Waals surface area contributed by atoms with Gasteiger partial charge in [0.15, 0.2) is 0 Å². The zero-order chi connectivity index (χ0) is 15.2. The molecular weight excluding hydrogens is 290 g/mol. The molecule has 0 radical (unpaired) electrons. The Morgan fingerprint density at radius 1 is 1.57 bits per heavy atom. The van der Waals surface area contributed by atoms with Gasteiger partial charge in [-0.05, 0) is 42.5 Å². The lowest BCUT2D eigenvalue weighted by Gasteiger charge is -2.29. The molecule has 1 fully saturated rings. The summed E-state index contributed by atoms with van der Waals surface area (Å²) in [5, 5.41) is 9.26. The summed E-state index contributed by atoms with van der Waals surface area (Å²) < 4.78 is 5.50. The zero-order valence-corrected chi connectivity index (χ0v) is 12.8. The number of hydrogen-bond donors (Lipinski definition) is 1. The van der Waals surface area contributed by atoms with Crippen molar-refractivity contribution in [1.82, 2.24) is 0 Å². The number of ether oxygens (including phenoxy) is 1. The van der Waals surface area contributed by atoms with Crippen LogP contribution in [0.15, 0.2) is 24.3 Å². The lowest BCUT2D eigenvalue weighted by molar-refractivity contribution is -0.131. The Hall–Kier alpha value is -1.52. The van der Waals surface area contributed by atoms with Gasteiger partial charge in [-0.3, -0.25) is 0 Å². The molecule has 0 bridgehead atoms. The molecule has 0 spiro atoms. The number of carboxylic acid groups (broad SMARTS) is 1. The lowest BCUT2D eigenvalue weighted by Crippen LogP contribution is -2.30. The predicted octanol–water partition coefficient (Wildman–Crippen LogP) is 3.30. The summed E-state index contributed by atoms with van der Waals surface area (Å²) in [6.45, 7) is 2.58. The molecule has 114 valence electrons. The van der Waals surface area contributed by atoms with Crippen LogP contribution >= 0.6 is 11.6 Å². The molecule has 1 aromatic rings. The van der Waals surface area contributed by atoms with Crippen LogP contribution < -0.4 is 4.90 Å². The third kappa shape index (κ3) is 4.76. The number of aliphatic carboxylic acids is 1. The average Bonchev–Trinajstić information content (AvgIpc) is 2.46. The van der Waals surface area contributed by atoms with Crippen molar-refractivity contribution in [3.63, 3.8) is 0 Å².